The molecule has 1 rings (SSSR count). The van der Waals surface area contributed by atoms with Crippen molar-refractivity contribution in [3.63, 3.8) is 0 Å². The molecule has 0 saturated heterocycles. The number of hydrogen-bond donors (Lipinski definition) is 1. The van der Waals surface area contributed by atoms with Crippen molar-refractivity contribution in [3.05, 3.63) is 34.9 Å². The van der Waals surface area contributed by atoms with Crippen LogP contribution in [-0.2, 0) is 6.54 Å². The van der Waals surface area contributed by atoms with E-state index in [1.165, 1.54) is 5.56 Å². The van der Waals surface area contributed by atoms with E-state index >= 15 is 0 Å². The molecule has 0 aliphatic carbocycles. The van der Waals surface area contributed by atoms with E-state index in [4.69, 9.17) is 5.26 Å². The number of benzene rings is 1. The minimum Gasteiger partial charge on any atom is -0.312 e. The van der Waals surface area contributed by atoms with Crippen LogP contribution in [0.3, 0.4) is 0 Å². The van der Waals surface area contributed by atoms with Crippen molar-refractivity contribution >= 4 is 0 Å². The zero-order valence-electron chi connectivity index (χ0n) is 9.80. The van der Waals surface area contributed by atoms with E-state index in [9.17, 15) is 0 Å². The second kappa shape index (κ2) is 6.67. The van der Waals surface area contributed by atoms with Gasteiger partial charge in [-0.1, -0.05) is 6.07 Å². The van der Waals surface area contributed by atoms with Crippen LogP contribution in [0.4, 0.5) is 0 Å². The van der Waals surface area contributed by atoms with Crippen LogP contribution in [0.15, 0.2) is 18.2 Å². The topological polar surface area (TPSA) is 35.8 Å². The van der Waals surface area contributed by atoms with Crippen molar-refractivity contribution in [2.75, 3.05) is 6.54 Å². The van der Waals surface area contributed by atoms with Crippen molar-refractivity contribution in [1.29, 1.82) is 5.26 Å². The number of rotatable bonds is 4. The Morgan fingerprint density at radius 3 is 2.81 bits per heavy atom. The van der Waals surface area contributed by atoms with Gasteiger partial charge in [0.2, 0.25) is 0 Å². The zero-order valence-corrected chi connectivity index (χ0v) is 9.80. The second-order valence-corrected chi connectivity index (χ2v) is 3.61. The first-order valence-electron chi connectivity index (χ1n) is 5.38. The summed E-state index contributed by atoms with van der Waals surface area (Å²) < 4.78 is 0. The summed E-state index contributed by atoms with van der Waals surface area (Å²) in [5.41, 5.74) is 3.12. The summed E-state index contributed by atoms with van der Waals surface area (Å²) >= 11 is 0. The van der Waals surface area contributed by atoms with Gasteiger partial charge in [-0.2, -0.15) is 5.26 Å². The average Bonchev–Trinajstić information content (AvgIpc) is 2.30. The summed E-state index contributed by atoms with van der Waals surface area (Å²) in [5.74, 6) is 5.88. The Labute approximate surface area is 97.3 Å². The molecule has 2 nitrogen and oxygen atoms in total. The molecule has 1 N–H and O–H groups in total. The van der Waals surface area contributed by atoms with Crippen LogP contribution >= 0.6 is 0 Å². The van der Waals surface area contributed by atoms with E-state index in [0.717, 1.165) is 30.6 Å². The van der Waals surface area contributed by atoms with Gasteiger partial charge in [-0.25, -0.2) is 0 Å². The van der Waals surface area contributed by atoms with Crippen LogP contribution in [0.1, 0.15) is 30.0 Å². The molecular formula is C14H16N2. The highest BCUT2D eigenvalue weighted by atomic mass is 14.8. The molecule has 0 spiro atoms. The SMILES string of the molecule is CC#CCCNCc1ccc(C#N)cc1C. The number of nitriles is 1. The van der Waals surface area contributed by atoms with Gasteiger partial charge in [0.15, 0.2) is 0 Å². The largest absolute Gasteiger partial charge is 0.312 e. The monoisotopic (exact) mass is 212 g/mol. The van der Waals surface area contributed by atoms with Crippen LogP contribution in [-0.4, -0.2) is 6.54 Å². The molecule has 0 bridgehead atoms. The fourth-order valence-electron chi connectivity index (χ4n) is 1.46. The molecule has 0 aliphatic heterocycles. The molecule has 1 aromatic rings. The Morgan fingerprint density at radius 1 is 1.38 bits per heavy atom. The maximum Gasteiger partial charge on any atom is 0.0991 e. The summed E-state index contributed by atoms with van der Waals surface area (Å²) in [4.78, 5) is 0. The van der Waals surface area contributed by atoms with Crippen molar-refractivity contribution in [3.8, 4) is 17.9 Å². The fourth-order valence-corrected chi connectivity index (χ4v) is 1.46. The number of aryl methyl sites for hydroxylation is 1. The van der Waals surface area contributed by atoms with E-state index in [1.807, 2.05) is 32.0 Å². The zero-order chi connectivity index (χ0) is 11.8. The van der Waals surface area contributed by atoms with Crippen molar-refractivity contribution in [1.82, 2.24) is 5.32 Å². The highest BCUT2D eigenvalue weighted by molar-refractivity contribution is 5.37. The van der Waals surface area contributed by atoms with Gasteiger partial charge in [-0.15, -0.1) is 11.8 Å². The van der Waals surface area contributed by atoms with Gasteiger partial charge >= 0.3 is 0 Å². The van der Waals surface area contributed by atoms with Crippen LogP contribution in [0.2, 0.25) is 0 Å². The lowest BCUT2D eigenvalue weighted by atomic mass is 10.1. The Bertz CT molecular complexity index is 444. The highest BCUT2D eigenvalue weighted by Crippen LogP contribution is 2.10. The lowest BCUT2D eigenvalue weighted by Gasteiger charge is -2.06. The van der Waals surface area contributed by atoms with Gasteiger partial charge in [0.25, 0.3) is 0 Å². The third-order valence-electron chi connectivity index (χ3n) is 2.39. The first-order valence-corrected chi connectivity index (χ1v) is 5.38. The van der Waals surface area contributed by atoms with E-state index in [0.29, 0.717) is 0 Å². The maximum absolute atomic E-state index is 8.75. The van der Waals surface area contributed by atoms with E-state index in [1.54, 1.807) is 0 Å². The fraction of sp³-hybridized carbons (Fsp3) is 0.357. The third kappa shape index (κ3) is 3.77. The molecule has 2 heteroatoms. The number of nitrogens with zero attached hydrogens (tertiary/aromatic N) is 1. The predicted octanol–water partition coefficient (Wildman–Crippen LogP) is 2.37. The summed E-state index contributed by atoms with van der Waals surface area (Å²) in [6.07, 6.45) is 0.881. The van der Waals surface area contributed by atoms with Gasteiger partial charge < -0.3 is 5.32 Å². The smallest absolute Gasteiger partial charge is 0.0991 e. The molecule has 0 aliphatic rings. The molecule has 0 saturated carbocycles. The minimum atomic E-state index is 0.720. The van der Waals surface area contributed by atoms with Gasteiger partial charge in [-0.3, -0.25) is 0 Å². The van der Waals surface area contributed by atoms with Gasteiger partial charge in [-0.05, 0) is 37.1 Å². The molecular weight excluding hydrogens is 196 g/mol. The summed E-state index contributed by atoms with van der Waals surface area (Å²) in [5, 5.41) is 12.1. The number of hydrogen-bond acceptors (Lipinski definition) is 2. The molecule has 0 radical (unpaired) electrons. The van der Waals surface area contributed by atoms with Crippen molar-refractivity contribution in [2.24, 2.45) is 0 Å². The van der Waals surface area contributed by atoms with E-state index in [-0.39, 0.29) is 0 Å². The Balaban J connectivity index is 2.48. The van der Waals surface area contributed by atoms with Crippen LogP contribution in [0.25, 0.3) is 0 Å². The molecule has 16 heavy (non-hydrogen) atoms. The number of nitrogens with one attached hydrogen (secondary N) is 1. The molecule has 0 aromatic heterocycles. The highest BCUT2D eigenvalue weighted by Gasteiger charge is 1.98. The molecule has 0 heterocycles. The Kier molecular flexibility index (Phi) is 5.12. The van der Waals surface area contributed by atoms with Crippen LogP contribution < -0.4 is 5.32 Å². The normalized spacial score (nSPS) is 9.06. The third-order valence-corrected chi connectivity index (χ3v) is 2.39. The first kappa shape index (κ1) is 12.3. The second-order valence-electron chi connectivity index (χ2n) is 3.61. The van der Waals surface area contributed by atoms with Crippen LogP contribution in [0.5, 0.6) is 0 Å². The Hall–Kier alpha value is -1.77. The minimum absolute atomic E-state index is 0.720. The lowest BCUT2D eigenvalue weighted by Crippen LogP contribution is -2.14. The molecule has 0 amide bonds. The molecule has 0 unspecified atom stereocenters. The average molecular weight is 212 g/mol. The Morgan fingerprint density at radius 2 is 2.19 bits per heavy atom. The standard InChI is InChI=1S/C14H16N2/c1-3-4-5-8-16-11-14-7-6-13(10-15)9-12(14)2/h6-7,9,16H,5,8,11H2,1-2H3. The van der Waals surface area contributed by atoms with Crippen molar-refractivity contribution in [2.45, 2.75) is 26.8 Å². The molecule has 82 valence electrons. The molecule has 0 atom stereocenters. The first-order chi connectivity index (χ1) is 7.77. The predicted molar refractivity (Wildman–Crippen MR) is 65.7 cm³/mol. The molecule has 1 aromatic carbocycles. The summed E-state index contributed by atoms with van der Waals surface area (Å²) in [7, 11) is 0. The maximum atomic E-state index is 8.75. The molecule has 0 fully saturated rings. The van der Waals surface area contributed by atoms with Gasteiger partial charge in [0, 0.05) is 19.5 Å². The summed E-state index contributed by atoms with van der Waals surface area (Å²) in [6, 6.07) is 7.92. The van der Waals surface area contributed by atoms with Gasteiger partial charge in [0.1, 0.15) is 0 Å². The van der Waals surface area contributed by atoms with Crippen molar-refractivity contribution < 1.29 is 0 Å². The van der Waals surface area contributed by atoms with Crippen LogP contribution in [0, 0.1) is 30.1 Å². The van der Waals surface area contributed by atoms with Gasteiger partial charge in [0.05, 0.1) is 11.6 Å². The lowest BCUT2D eigenvalue weighted by molar-refractivity contribution is 0.698. The summed E-state index contributed by atoms with van der Waals surface area (Å²) in [6.45, 7) is 5.62. The quantitative estimate of drug-likeness (QED) is 0.614. The van der Waals surface area contributed by atoms with E-state index < -0.39 is 0 Å². The van der Waals surface area contributed by atoms with E-state index in [2.05, 4.69) is 23.2 Å².